The number of aromatic nitrogens is 3. The van der Waals surface area contributed by atoms with Gasteiger partial charge < -0.3 is 5.11 Å². The van der Waals surface area contributed by atoms with Crippen molar-refractivity contribution in [3.8, 4) is 11.4 Å². The van der Waals surface area contributed by atoms with E-state index in [0.29, 0.717) is 5.75 Å². The fourth-order valence-electron chi connectivity index (χ4n) is 4.50. The van der Waals surface area contributed by atoms with Gasteiger partial charge in [-0.3, -0.25) is 0 Å². The fourth-order valence-corrected chi connectivity index (χ4v) is 4.67. The number of aromatic hydroxyl groups is 1. The molecule has 0 radical (unpaired) electrons. The lowest BCUT2D eigenvalue weighted by Crippen LogP contribution is -1.95. The molecule has 2 aromatic heterocycles. The number of aryl methyl sites for hydroxylation is 2. The van der Waals surface area contributed by atoms with Crippen LogP contribution < -0.4 is 0 Å². The SMILES string of the molecule is CCCCCCCCCCCCc1cc(C)cc(-n2n3c4ccc(Cl)cc4n23)c1O. The number of hydrogen-bond donors (Lipinski definition) is 1. The van der Waals surface area contributed by atoms with Crippen molar-refractivity contribution in [1.82, 2.24) is 14.1 Å². The van der Waals surface area contributed by atoms with Crippen molar-refractivity contribution >= 4 is 22.6 Å². The van der Waals surface area contributed by atoms with E-state index in [1.165, 1.54) is 63.4 Å². The van der Waals surface area contributed by atoms with Crippen molar-refractivity contribution in [1.29, 1.82) is 0 Å². The molecular weight excluding hydrogens is 394 g/mol. The van der Waals surface area contributed by atoms with Gasteiger partial charge in [-0.15, -0.1) is 14.1 Å². The number of rotatable bonds is 12. The van der Waals surface area contributed by atoms with E-state index in [4.69, 9.17) is 11.6 Å². The molecular formula is C25H34ClN3O. The standard InChI is InChI=1S/C25H34ClN3O/c1-3-4-5-6-7-8-9-10-11-12-13-20-16-19(2)17-24(25(20)30)29-27-22-15-14-21(26)18-23(22)28(27)29/h14-18,30H,3-13H2,1-2H3. The third-order valence-corrected chi connectivity index (χ3v) is 6.44. The zero-order valence-corrected chi connectivity index (χ0v) is 19.1. The minimum Gasteiger partial charge on any atom is -0.505 e. The average molecular weight is 428 g/mol. The maximum atomic E-state index is 10.9. The molecule has 162 valence electrons. The molecule has 0 aliphatic carbocycles. The first-order chi connectivity index (χ1) is 14.6. The number of nitrogens with zero attached hydrogens (tertiary/aromatic N) is 3. The van der Waals surface area contributed by atoms with Crippen molar-refractivity contribution in [2.24, 2.45) is 0 Å². The highest BCUT2D eigenvalue weighted by atomic mass is 35.5. The first kappa shape index (κ1) is 21.2. The monoisotopic (exact) mass is 427 g/mol. The van der Waals surface area contributed by atoms with Gasteiger partial charge in [0.05, 0.1) is 0 Å². The summed E-state index contributed by atoms with van der Waals surface area (Å²) in [7, 11) is 0. The lowest BCUT2D eigenvalue weighted by molar-refractivity contribution is 0.462. The maximum absolute atomic E-state index is 10.9. The van der Waals surface area contributed by atoms with Crippen LogP contribution in [-0.4, -0.2) is 19.2 Å². The van der Waals surface area contributed by atoms with Crippen molar-refractivity contribution in [3.63, 3.8) is 0 Å². The second-order valence-corrected chi connectivity index (χ2v) is 9.16. The molecule has 0 amide bonds. The fraction of sp³-hybridized carbons (Fsp3) is 0.520. The Hall–Kier alpha value is -2.07. The van der Waals surface area contributed by atoms with Gasteiger partial charge in [0.2, 0.25) is 0 Å². The molecule has 0 aliphatic heterocycles. The van der Waals surface area contributed by atoms with Crippen molar-refractivity contribution in [2.75, 3.05) is 0 Å². The van der Waals surface area contributed by atoms with Crippen molar-refractivity contribution < 1.29 is 5.11 Å². The highest BCUT2D eigenvalue weighted by Crippen LogP contribution is 2.35. The Morgan fingerprint density at radius 1 is 0.800 bits per heavy atom. The number of hydrogen-bond acceptors (Lipinski definition) is 1. The first-order valence-electron chi connectivity index (χ1n) is 11.6. The van der Waals surface area contributed by atoms with Gasteiger partial charge in [0.25, 0.3) is 0 Å². The van der Waals surface area contributed by atoms with Crippen LogP contribution in [0.2, 0.25) is 5.02 Å². The Bertz CT molecular complexity index is 1090. The van der Waals surface area contributed by atoms with Gasteiger partial charge in [0.15, 0.2) is 0 Å². The van der Waals surface area contributed by atoms with Gasteiger partial charge in [0, 0.05) is 5.02 Å². The number of phenols is 1. The van der Waals surface area contributed by atoms with E-state index in [-0.39, 0.29) is 0 Å². The zero-order chi connectivity index (χ0) is 21.1. The lowest BCUT2D eigenvalue weighted by Gasteiger charge is -2.09. The summed E-state index contributed by atoms with van der Waals surface area (Å²) in [6.45, 7) is 4.37. The third kappa shape index (κ3) is 4.34. The predicted octanol–water partition coefficient (Wildman–Crippen LogP) is 7.55. The van der Waals surface area contributed by atoms with Gasteiger partial charge in [-0.25, -0.2) is 0 Å². The summed E-state index contributed by atoms with van der Waals surface area (Å²) in [6.07, 6.45) is 14.2. The third-order valence-electron chi connectivity index (χ3n) is 6.20. The minimum absolute atomic E-state index is 0.405. The van der Waals surface area contributed by atoms with Crippen molar-refractivity contribution in [2.45, 2.75) is 84.5 Å². The van der Waals surface area contributed by atoms with E-state index in [9.17, 15) is 5.11 Å². The van der Waals surface area contributed by atoms with Crippen LogP contribution in [0.1, 0.15) is 82.3 Å². The van der Waals surface area contributed by atoms with Crippen LogP contribution in [0, 0.1) is 6.92 Å². The Balaban J connectivity index is 1.32. The van der Waals surface area contributed by atoms with Gasteiger partial charge in [-0.05, 0) is 55.2 Å². The summed E-state index contributed by atoms with van der Waals surface area (Å²) in [5.41, 5.74) is 5.29. The number of unbranched alkanes of at least 4 members (excludes halogenated alkanes) is 9. The molecule has 30 heavy (non-hydrogen) atoms. The van der Waals surface area contributed by atoms with E-state index in [0.717, 1.165) is 40.1 Å². The molecule has 2 aromatic carbocycles. The molecule has 4 nitrogen and oxygen atoms in total. The van der Waals surface area contributed by atoms with E-state index >= 15 is 0 Å². The molecule has 2 heterocycles. The number of halogens is 1. The van der Waals surface area contributed by atoms with Crippen LogP contribution >= 0.6 is 11.6 Å². The van der Waals surface area contributed by atoms with E-state index in [1.807, 2.05) is 27.6 Å². The number of phenolic OH excluding ortho intramolecular Hbond substituents is 1. The molecule has 0 bridgehead atoms. The summed E-state index contributed by atoms with van der Waals surface area (Å²) >= 11 is 6.13. The highest BCUT2D eigenvalue weighted by molar-refractivity contribution is 6.31. The Kier molecular flexibility index (Phi) is 6.62. The molecule has 0 fully saturated rings. The molecule has 5 heteroatoms. The largest absolute Gasteiger partial charge is 0.505 e. The Labute approximate surface area is 184 Å². The Morgan fingerprint density at radius 3 is 2.13 bits per heavy atom. The number of fused-ring (bicyclic) bond motifs is 4. The molecule has 0 atom stereocenters. The quantitative estimate of drug-likeness (QED) is 0.232. The van der Waals surface area contributed by atoms with Crippen LogP contribution in [0.3, 0.4) is 0 Å². The van der Waals surface area contributed by atoms with Crippen LogP contribution in [-0.2, 0) is 6.42 Å². The average Bonchev–Trinajstić information content (AvgIpc) is 3.39. The predicted molar refractivity (Wildman–Crippen MR) is 126 cm³/mol. The highest BCUT2D eigenvalue weighted by Gasteiger charge is 2.26. The van der Waals surface area contributed by atoms with Crippen LogP contribution in [0.25, 0.3) is 16.7 Å². The van der Waals surface area contributed by atoms with E-state index < -0.39 is 0 Å². The van der Waals surface area contributed by atoms with Gasteiger partial charge in [-0.2, -0.15) is 0 Å². The zero-order valence-electron chi connectivity index (χ0n) is 18.3. The van der Waals surface area contributed by atoms with E-state index in [1.54, 1.807) is 0 Å². The second kappa shape index (κ2) is 9.38. The maximum Gasteiger partial charge on any atom is 0.146 e. The van der Waals surface area contributed by atoms with Crippen LogP contribution in [0.4, 0.5) is 0 Å². The summed E-state index contributed by atoms with van der Waals surface area (Å²) in [5.74, 6) is 0.405. The number of benzene rings is 2. The molecule has 0 spiro atoms. The smallest absolute Gasteiger partial charge is 0.146 e. The topological polar surface area (TPSA) is 34.0 Å². The van der Waals surface area contributed by atoms with Gasteiger partial charge >= 0.3 is 0 Å². The molecule has 4 rings (SSSR count). The molecule has 4 aromatic rings. The van der Waals surface area contributed by atoms with Gasteiger partial charge in [0.1, 0.15) is 22.5 Å². The molecule has 0 saturated carbocycles. The molecule has 1 N–H and O–H groups in total. The second-order valence-electron chi connectivity index (χ2n) is 8.73. The summed E-state index contributed by atoms with van der Waals surface area (Å²) in [6, 6.07) is 10.1. The summed E-state index contributed by atoms with van der Waals surface area (Å²) in [5, 5.41) is 11.7. The lowest BCUT2D eigenvalue weighted by atomic mass is 10.0. The van der Waals surface area contributed by atoms with Crippen LogP contribution in [0.5, 0.6) is 5.75 Å². The van der Waals surface area contributed by atoms with E-state index in [2.05, 4.69) is 30.6 Å². The summed E-state index contributed by atoms with van der Waals surface area (Å²) < 4.78 is 4.10. The molecule has 0 aliphatic rings. The molecule has 0 unspecified atom stereocenters. The van der Waals surface area contributed by atoms with Crippen LogP contribution in [0.15, 0.2) is 30.3 Å². The summed E-state index contributed by atoms with van der Waals surface area (Å²) in [4.78, 5) is 2.02. The normalized spacial score (nSPS) is 12.1. The first-order valence-corrected chi connectivity index (χ1v) is 12.0. The van der Waals surface area contributed by atoms with Gasteiger partial charge in [-0.1, -0.05) is 82.4 Å². The Morgan fingerprint density at radius 2 is 1.43 bits per heavy atom. The minimum atomic E-state index is 0.405. The molecule has 0 saturated heterocycles. The van der Waals surface area contributed by atoms with Crippen molar-refractivity contribution in [3.05, 3.63) is 46.5 Å².